The summed E-state index contributed by atoms with van der Waals surface area (Å²) in [4.78, 5) is 24.8. The highest BCUT2D eigenvalue weighted by molar-refractivity contribution is 7.99. The first-order valence-electron chi connectivity index (χ1n) is 7.72. The molecule has 0 saturated carbocycles. The second-order valence-electron chi connectivity index (χ2n) is 5.43. The Balaban J connectivity index is 2.02. The quantitative estimate of drug-likeness (QED) is 0.570. The van der Waals surface area contributed by atoms with Gasteiger partial charge in [0.1, 0.15) is 0 Å². The third kappa shape index (κ3) is 5.18. The summed E-state index contributed by atoms with van der Waals surface area (Å²) in [5, 5.41) is 11.6. The van der Waals surface area contributed by atoms with E-state index in [9.17, 15) is 9.59 Å². The van der Waals surface area contributed by atoms with Gasteiger partial charge in [-0.25, -0.2) is 0 Å². The molecule has 0 atom stereocenters. The fraction of sp³-hybridized carbons (Fsp3) is 0.294. The van der Waals surface area contributed by atoms with Gasteiger partial charge in [0, 0.05) is 26.2 Å². The van der Waals surface area contributed by atoms with Gasteiger partial charge in [-0.3, -0.25) is 14.2 Å². The lowest BCUT2D eigenvalue weighted by Crippen LogP contribution is -2.37. The molecule has 1 heterocycles. The monoisotopic (exact) mass is 359 g/mol. The number of carbonyl (C=O) groups excluding carboxylic acids is 2. The molecule has 0 aliphatic rings. The summed E-state index contributed by atoms with van der Waals surface area (Å²) in [5.41, 5.74) is 0.949. The number of benzene rings is 1. The Bertz CT molecular complexity index is 743. The van der Waals surface area contributed by atoms with Crippen molar-refractivity contribution in [1.29, 1.82) is 0 Å². The zero-order valence-electron chi connectivity index (χ0n) is 14.3. The van der Waals surface area contributed by atoms with Crippen molar-refractivity contribution in [3.8, 4) is 11.4 Å². The second kappa shape index (κ2) is 9.03. The van der Waals surface area contributed by atoms with Crippen molar-refractivity contribution in [3.05, 3.63) is 43.0 Å². The maximum Gasteiger partial charge on any atom is 0.241 e. The molecule has 1 aromatic heterocycles. The van der Waals surface area contributed by atoms with Gasteiger partial charge in [0.05, 0.1) is 12.3 Å². The standard InChI is InChI=1S/C17H21N5O2S/c1-4-10-22-16(13-8-6-5-7-9-13)19-20-17(22)25-12-14(23)18-11-15(24)21(2)3/h4-9H,1,10-12H2,2-3H3,(H,18,23). The Morgan fingerprint density at radius 3 is 2.64 bits per heavy atom. The van der Waals surface area contributed by atoms with Gasteiger partial charge in [-0.15, -0.1) is 16.8 Å². The summed E-state index contributed by atoms with van der Waals surface area (Å²) in [6.07, 6.45) is 1.76. The molecule has 1 aromatic carbocycles. The van der Waals surface area contributed by atoms with Crippen LogP contribution in [0.1, 0.15) is 0 Å². The number of hydrogen-bond acceptors (Lipinski definition) is 5. The number of allylic oxidation sites excluding steroid dienone is 1. The number of carbonyl (C=O) groups is 2. The van der Waals surface area contributed by atoms with Crippen LogP contribution in [-0.4, -0.2) is 57.9 Å². The van der Waals surface area contributed by atoms with E-state index in [1.54, 1.807) is 20.2 Å². The van der Waals surface area contributed by atoms with E-state index in [0.29, 0.717) is 11.7 Å². The molecule has 0 aliphatic heterocycles. The zero-order valence-corrected chi connectivity index (χ0v) is 15.1. The molecular weight excluding hydrogens is 338 g/mol. The minimum atomic E-state index is -0.227. The second-order valence-corrected chi connectivity index (χ2v) is 6.37. The third-order valence-corrected chi connectivity index (χ3v) is 4.30. The topological polar surface area (TPSA) is 80.1 Å². The number of aromatic nitrogens is 3. The van der Waals surface area contributed by atoms with Gasteiger partial charge in [-0.2, -0.15) is 0 Å². The number of rotatable bonds is 8. The molecular formula is C17H21N5O2S. The zero-order chi connectivity index (χ0) is 18.2. The maximum absolute atomic E-state index is 11.9. The van der Waals surface area contributed by atoms with Crippen LogP contribution in [0.4, 0.5) is 0 Å². The Kier molecular flexibility index (Phi) is 6.76. The normalized spacial score (nSPS) is 10.3. The molecule has 1 N–H and O–H groups in total. The van der Waals surface area contributed by atoms with Crippen LogP contribution in [0.3, 0.4) is 0 Å². The van der Waals surface area contributed by atoms with Gasteiger partial charge >= 0.3 is 0 Å². The average Bonchev–Trinajstić information content (AvgIpc) is 3.01. The Morgan fingerprint density at radius 1 is 1.28 bits per heavy atom. The molecule has 25 heavy (non-hydrogen) atoms. The Morgan fingerprint density at radius 2 is 2.00 bits per heavy atom. The van der Waals surface area contributed by atoms with E-state index in [1.165, 1.54) is 16.7 Å². The fourth-order valence-electron chi connectivity index (χ4n) is 2.00. The number of likely N-dealkylation sites (N-methyl/N-ethyl adjacent to an activating group) is 1. The lowest BCUT2D eigenvalue weighted by molar-refractivity contribution is -0.130. The Labute approximate surface area is 151 Å². The minimum absolute atomic E-state index is 0.0129. The lowest BCUT2D eigenvalue weighted by atomic mass is 10.2. The number of nitrogens with one attached hydrogen (secondary N) is 1. The first-order valence-corrected chi connectivity index (χ1v) is 8.70. The van der Waals surface area contributed by atoms with Crippen LogP contribution in [0, 0.1) is 0 Å². The molecule has 8 heteroatoms. The van der Waals surface area contributed by atoms with Gasteiger partial charge in [0.15, 0.2) is 11.0 Å². The van der Waals surface area contributed by atoms with Crippen LogP contribution in [0.25, 0.3) is 11.4 Å². The van der Waals surface area contributed by atoms with Crippen LogP contribution < -0.4 is 5.32 Å². The molecule has 0 aliphatic carbocycles. The number of amides is 2. The Hall–Kier alpha value is -2.61. The summed E-state index contributed by atoms with van der Waals surface area (Å²) >= 11 is 1.28. The van der Waals surface area contributed by atoms with Gasteiger partial charge < -0.3 is 10.2 Å². The predicted molar refractivity (Wildman–Crippen MR) is 98.1 cm³/mol. The van der Waals surface area contributed by atoms with E-state index in [2.05, 4.69) is 22.1 Å². The van der Waals surface area contributed by atoms with E-state index in [0.717, 1.165) is 11.4 Å². The van der Waals surface area contributed by atoms with Crippen LogP contribution >= 0.6 is 11.8 Å². The molecule has 0 spiro atoms. The van der Waals surface area contributed by atoms with E-state index in [-0.39, 0.29) is 24.1 Å². The van der Waals surface area contributed by atoms with Crippen molar-refractivity contribution in [2.75, 3.05) is 26.4 Å². The smallest absolute Gasteiger partial charge is 0.241 e. The first-order chi connectivity index (χ1) is 12.0. The summed E-state index contributed by atoms with van der Waals surface area (Å²) in [7, 11) is 3.29. The van der Waals surface area contributed by atoms with Crippen molar-refractivity contribution in [2.24, 2.45) is 0 Å². The predicted octanol–water partition coefficient (Wildman–Crippen LogP) is 1.43. The number of hydrogen-bond donors (Lipinski definition) is 1. The van der Waals surface area contributed by atoms with Crippen molar-refractivity contribution >= 4 is 23.6 Å². The summed E-state index contributed by atoms with van der Waals surface area (Å²) < 4.78 is 1.91. The number of thioether (sulfide) groups is 1. The molecule has 2 amide bonds. The van der Waals surface area contributed by atoms with E-state index in [4.69, 9.17) is 0 Å². The molecule has 2 aromatic rings. The highest BCUT2D eigenvalue weighted by Gasteiger charge is 2.15. The van der Waals surface area contributed by atoms with Crippen LogP contribution in [-0.2, 0) is 16.1 Å². The van der Waals surface area contributed by atoms with E-state index in [1.807, 2.05) is 34.9 Å². The molecule has 0 unspecified atom stereocenters. The van der Waals surface area contributed by atoms with Crippen molar-refractivity contribution < 1.29 is 9.59 Å². The molecule has 0 bridgehead atoms. The largest absolute Gasteiger partial charge is 0.347 e. The molecule has 0 radical (unpaired) electrons. The molecule has 132 valence electrons. The van der Waals surface area contributed by atoms with Crippen molar-refractivity contribution in [1.82, 2.24) is 25.0 Å². The van der Waals surface area contributed by atoms with Gasteiger partial charge in [0.2, 0.25) is 11.8 Å². The van der Waals surface area contributed by atoms with Gasteiger partial charge in [0.25, 0.3) is 0 Å². The third-order valence-electron chi connectivity index (χ3n) is 3.33. The highest BCUT2D eigenvalue weighted by Crippen LogP contribution is 2.23. The highest BCUT2D eigenvalue weighted by atomic mass is 32.2. The number of nitrogens with zero attached hydrogens (tertiary/aromatic N) is 4. The van der Waals surface area contributed by atoms with Crippen molar-refractivity contribution in [2.45, 2.75) is 11.7 Å². The summed E-state index contributed by atoms with van der Waals surface area (Å²) in [5.74, 6) is 0.505. The van der Waals surface area contributed by atoms with E-state index >= 15 is 0 Å². The van der Waals surface area contributed by atoms with Crippen LogP contribution in [0.5, 0.6) is 0 Å². The lowest BCUT2D eigenvalue weighted by Gasteiger charge is -2.11. The van der Waals surface area contributed by atoms with Crippen LogP contribution in [0.2, 0.25) is 0 Å². The summed E-state index contributed by atoms with van der Waals surface area (Å²) in [6, 6.07) is 9.72. The van der Waals surface area contributed by atoms with Crippen molar-refractivity contribution in [3.63, 3.8) is 0 Å². The van der Waals surface area contributed by atoms with Gasteiger partial charge in [-0.05, 0) is 0 Å². The van der Waals surface area contributed by atoms with Gasteiger partial charge in [-0.1, -0.05) is 48.2 Å². The van der Waals surface area contributed by atoms with Crippen LogP contribution in [0.15, 0.2) is 48.1 Å². The molecule has 0 fully saturated rings. The minimum Gasteiger partial charge on any atom is -0.347 e. The SMILES string of the molecule is C=CCn1c(SCC(=O)NCC(=O)N(C)C)nnc1-c1ccccc1. The molecule has 2 rings (SSSR count). The summed E-state index contributed by atoms with van der Waals surface area (Å²) in [6.45, 7) is 4.29. The first kappa shape index (κ1) is 18.7. The maximum atomic E-state index is 11.9. The molecule has 7 nitrogen and oxygen atoms in total. The van der Waals surface area contributed by atoms with E-state index < -0.39 is 0 Å². The molecule has 0 saturated heterocycles. The fourth-order valence-corrected chi connectivity index (χ4v) is 2.78. The average molecular weight is 359 g/mol.